The van der Waals surface area contributed by atoms with E-state index in [4.69, 9.17) is 0 Å². The standard InChI is InChI=1S/C36H24N6/c1-3-11-27(12-4-1)19-21-29-23-24-30(22-20-28-13-5-2-6-14-28)32(26-42-36-18-10-8-16-34(36)38-40-42)31(29)25-41-35-17-9-7-15-33(35)37-39-41/h1-18,23-24H,25-26H2. The molecule has 0 unspecified atom stereocenters. The summed E-state index contributed by atoms with van der Waals surface area (Å²) in [5.41, 5.74) is 9.36. The smallest absolute Gasteiger partial charge is 0.113 e. The number of nitrogens with zero attached hydrogens (tertiary/aromatic N) is 6. The highest BCUT2D eigenvalue weighted by Crippen LogP contribution is 2.24. The Morgan fingerprint density at radius 2 is 0.833 bits per heavy atom. The lowest BCUT2D eigenvalue weighted by Gasteiger charge is -2.15. The SMILES string of the molecule is C(#Cc1ccc(C#Cc2ccccc2)c(Cn2nnc3ccccc32)c1Cn1nnc2ccccc21)c1ccccc1. The first kappa shape index (κ1) is 25.0. The molecule has 0 saturated heterocycles. The Bertz CT molecular complexity index is 2000. The molecule has 0 aliphatic heterocycles. The summed E-state index contributed by atoms with van der Waals surface area (Å²) in [6.07, 6.45) is 0. The molecule has 0 saturated carbocycles. The van der Waals surface area contributed by atoms with E-state index in [0.717, 1.165) is 55.4 Å². The van der Waals surface area contributed by atoms with Crippen LogP contribution in [0.1, 0.15) is 33.4 Å². The largest absolute Gasteiger partial charge is 0.240 e. The topological polar surface area (TPSA) is 61.4 Å². The molecule has 42 heavy (non-hydrogen) atoms. The molecule has 7 rings (SSSR count). The van der Waals surface area contributed by atoms with E-state index in [9.17, 15) is 0 Å². The van der Waals surface area contributed by atoms with Crippen molar-refractivity contribution in [1.82, 2.24) is 30.0 Å². The first-order valence-electron chi connectivity index (χ1n) is 13.7. The van der Waals surface area contributed by atoms with Gasteiger partial charge in [-0.15, -0.1) is 10.2 Å². The second kappa shape index (κ2) is 11.3. The average Bonchev–Trinajstić information content (AvgIpc) is 3.65. The van der Waals surface area contributed by atoms with Crippen molar-refractivity contribution >= 4 is 22.1 Å². The van der Waals surface area contributed by atoms with Gasteiger partial charge in [-0.05, 0) is 71.8 Å². The molecule has 6 nitrogen and oxygen atoms in total. The first-order chi connectivity index (χ1) is 20.8. The van der Waals surface area contributed by atoms with Crippen LogP contribution in [0.3, 0.4) is 0 Å². The highest BCUT2D eigenvalue weighted by Gasteiger charge is 2.17. The molecule has 2 aromatic heterocycles. The van der Waals surface area contributed by atoms with Crippen molar-refractivity contribution < 1.29 is 0 Å². The van der Waals surface area contributed by atoms with Crippen molar-refractivity contribution in [1.29, 1.82) is 0 Å². The van der Waals surface area contributed by atoms with Gasteiger partial charge in [0.05, 0.1) is 24.1 Å². The van der Waals surface area contributed by atoms with Gasteiger partial charge in [-0.3, -0.25) is 0 Å². The minimum Gasteiger partial charge on any atom is -0.240 e. The fourth-order valence-electron chi connectivity index (χ4n) is 4.98. The Hall–Kier alpha value is -5.98. The summed E-state index contributed by atoms with van der Waals surface area (Å²) in [6.45, 7) is 0.949. The third kappa shape index (κ3) is 5.13. The lowest BCUT2D eigenvalue weighted by molar-refractivity contribution is 0.638. The minimum absolute atomic E-state index is 0.474. The van der Waals surface area contributed by atoms with E-state index in [1.807, 2.05) is 119 Å². The van der Waals surface area contributed by atoms with Crippen LogP contribution < -0.4 is 0 Å². The molecule has 0 aliphatic rings. The number of hydrogen-bond donors (Lipinski definition) is 0. The number of fused-ring (bicyclic) bond motifs is 2. The van der Waals surface area contributed by atoms with Crippen LogP contribution in [0, 0.1) is 23.7 Å². The molecule has 0 radical (unpaired) electrons. The van der Waals surface area contributed by atoms with E-state index in [0.29, 0.717) is 13.1 Å². The zero-order valence-corrected chi connectivity index (χ0v) is 22.6. The zero-order chi connectivity index (χ0) is 28.1. The fraction of sp³-hybridized carbons (Fsp3) is 0.0556. The van der Waals surface area contributed by atoms with Gasteiger partial charge in [0, 0.05) is 22.3 Å². The average molecular weight is 541 g/mol. The highest BCUT2D eigenvalue weighted by atomic mass is 15.4. The first-order valence-corrected chi connectivity index (χ1v) is 13.7. The van der Waals surface area contributed by atoms with Crippen LogP contribution in [0.5, 0.6) is 0 Å². The molecule has 2 heterocycles. The summed E-state index contributed by atoms with van der Waals surface area (Å²) in [6, 6.07) is 40.1. The van der Waals surface area contributed by atoms with Crippen molar-refractivity contribution in [3.05, 3.63) is 155 Å². The monoisotopic (exact) mass is 540 g/mol. The second-order valence-electron chi connectivity index (χ2n) is 9.82. The van der Waals surface area contributed by atoms with Gasteiger partial charge in [-0.2, -0.15) is 0 Å². The molecule has 0 amide bonds. The van der Waals surface area contributed by atoms with Crippen LogP contribution in [-0.4, -0.2) is 30.0 Å². The Morgan fingerprint density at radius 1 is 0.429 bits per heavy atom. The molecule has 5 aromatic carbocycles. The minimum atomic E-state index is 0.474. The molecule has 0 fully saturated rings. The maximum Gasteiger partial charge on any atom is 0.113 e. The molecule has 0 bridgehead atoms. The van der Waals surface area contributed by atoms with Gasteiger partial charge in [-0.25, -0.2) is 9.36 Å². The van der Waals surface area contributed by atoms with Gasteiger partial charge in [0.2, 0.25) is 0 Å². The number of hydrogen-bond acceptors (Lipinski definition) is 4. The van der Waals surface area contributed by atoms with Gasteiger partial charge in [-0.1, -0.05) is 94.8 Å². The van der Waals surface area contributed by atoms with Crippen LogP contribution in [0.15, 0.2) is 121 Å². The van der Waals surface area contributed by atoms with Crippen molar-refractivity contribution in [2.24, 2.45) is 0 Å². The molecule has 198 valence electrons. The van der Waals surface area contributed by atoms with Crippen LogP contribution in [0.2, 0.25) is 0 Å². The van der Waals surface area contributed by atoms with Gasteiger partial charge in [0.15, 0.2) is 0 Å². The molecule has 0 atom stereocenters. The maximum absolute atomic E-state index is 4.51. The van der Waals surface area contributed by atoms with E-state index in [1.165, 1.54) is 0 Å². The normalized spacial score (nSPS) is 10.7. The second-order valence-corrected chi connectivity index (χ2v) is 9.82. The summed E-state index contributed by atoms with van der Waals surface area (Å²) in [5.74, 6) is 13.6. The van der Waals surface area contributed by atoms with Crippen LogP contribution in [0.25, 0.3) is 22.1 Å². The van der Waals surface area contributed by atoms with Gasteiger partial charge < -0.3 is 0 Å². The molecule has 7 aromatic rings. The van der Waals surface area contributed by atoms with Crippen LogP contribution in [-0.2, 0) is 13.1 Å². The summed E-state index contributed by atoms with van der Waals surface area (Å²) in [7, 11) is 0. The van der Waals surface area contributed by atoms with E-state index in [1.54, 1.807) is 0 Å². The van der Waals surface area contributed by atoms with Crippen molar-refractivity contribution in [3.8, 4) is 23.7 Å². The predicted molar refractivity (Wildman–Crippen MR) is 165 cm³/mol. The number of aromatic nitrogens is 6. The Kier molecular flexibility index (Phi) is 6.70. The van der Waals surface area contributed by atoms with E-state index < -0.39 is 0 Å². The van der Waals surface area contributed by atoms with Crippen LogP contribution in [0.4, 0.5) is 0 Å². The lowest BCUT2D eigenvalue weighted by atomic mass is 9.95. The van der Waals surface area contributed by atoms with Crippen molar-refractivity contribution in [3.63, 3.8) is 0 Å². The molecule has 0 aliphatic carbocycles. The third-order valence-electron chi connectivity index (χ3n) is 7.12. The Morgan fingerprint density at radius 3 is 1.29 bits per heavy atom. The van der Waals surface area contributed by atoms with Crippen LogP contribution >= 0.6 is 0 Å². The van der Waals surface area contributed by atoms with E-state index in [2.05, 4.69) is 56.4 Å². The fourth-order valence-corrected chi connectivity index (χ4v) is 4.98. The third-order valence-corrected chi connectivity index (χ3v) is 7.12. The number of benzene rings is 5. The van der Waals surface area contributed by atoms with Gasteiger partial charge >= 0.3 is 0 Å². The molecule has 0 spiro atoms. The predicted octanol–water partition coefficient (Wildman–Crippen LogP) is 6.07. The van der Waals surface area contributed by atoms with Crippen molar-refractivity contribution in [2.75, 3.05) is 0 Å². The molecular formula is C36H24N6. The lowest BCUT2D eigenvalue weighted by Crippen LogP contribution is -2.12. The molecule has 0 N–H and O–H groups in total. The van der Waals surface area contributed by atoms with Gasteiger partial charge in [0.25, 0.3) is 0 Å². The quantitative estimate of drug-likeness (QED) is 0.254. The van der Waals surface area contributed by atoms with E-state index >= 15 is 0 Å². The van der Waals surface area contributed by atoms with Crippen molar-refractivity contribution in [2.45, 2.75) is 13.1 Å². The zero-order valence-electron chi connectivity index (χ0n) is 22.6. The molecular weight excluding hydrogens is 516 g/mol. The molecule has 6 heteroatoms. The highest BCUT2D eigenvalue weighted by molar-refractivity contribution is 5.75. The number of rotatable bonds is 4. The summed E-state index contributed by atoms with van der Waals surface area (Å²) >= 11 is 0. The summed E-state index contributed by atoms with van der Waals surface area (Å²) < 4.78 is 3.85. The summed E-state index contributed by atoms with van der Waals surface area (Å²) in [4.78, 5) is 0. The Balaban J connectivity index is 1.43. The Labute approximate surface area is 243 Å². The summed E-state index contributed by atoms with van der Waals surface area (Å²) in [5, 5.41) is 17.8. The number of para-hydroxylation sites is 2. The maximum atomic E-state index is 4.51. The van der Waals surface area contributed by atoms with Gasteiger partial charge in [0.1, 0.15) is 11.0 Å². The van der Waals surface area contributed by atoms with E-state index in [-0.39, 0.29) is 0 Å².